The number of ether oxygens (including phenoxy) is 16. The highest BCUT2D eigenvalue weighted by molar-refractivity contribution is 5.80. The third-order valence-corrected chi connectivity index (χ3v) is 28.2. The number of aliphatic carboxylic acids is 1. The van der Waals surface area contributed by atoms with E-state index in [0.717, 1.165) is 11.9 Å². The van der Waals surface area contributed by atoms with Crippen molar-refractivity contribution >= 4 is 18.2 Å². The first-order valence-corrected chi connectivity index (χ1v) is 39.3. The van der Waals surface area contributed by atoms with Crippen molar-refractivity contribution in [3.05, 3.63) is 11.6 Å². The maximum Gasteiger partial charge on any atom is 0.335 e. The van der Waals surface area contributed by atoms with Gasteiger partial charge in [0.25, 0.3) is 0 Å². The number of esters is 1. The molecule has 0 aromatic heterocycles. The minimum atomic E-state index is -2.23. The van der Waals surface area contributed by atoms with Crippen molar-refractivity contribution in [3.63, 3.8) is 0 Å². The van der Waals surface area contributed by atoms with Gasteiger partial charge < -0.3 is 188 Å². The van der Waals surface area contributed by atoms with Gasteiger partial charge in [-0.1, -0.05) is 53.2 Å². The van der Waals surface area contributed by atoms with E-state index in [1.54, 1.807) is 6.92 Å². The molecule has 0 aromatic carbocycles. The Morgan fingerprint density at radius 3 is 1.63 bits per heavy atom. The van der Waals surface area contributed by atoms with Gasteiger partial charge in [-0.15, -0.1) is 0 Å². The number of rotatable bonds is 19. The summed E-state index contributed by atoms with van der Waals surface area (Å²) in [5.74, 6) is -4.11. The topological polar surface area (TPSA) is 624 Å². The van der Waals surface area contributed by atoms with E-state index in [-0.39, 0.29) is 25.2 Å². The Kier molecular flexibility index (Phi) is 26.2. The molecular weight excluding hydrogens is 1530 g/mol. The van der Waals surface area contributed by atoms with E-state index in [4.69, 9.17) is 75.8 Å². The van der Waals surface area contributed by atoms with Crippen LogP contribution in [0.2, 0.25) is 0 Å². The monoisotopic (exact) mass is 1640 g/mol. The Morgan fingerprint density at radius 1 is 0.465 bits per heavy atom. The van der Waals surface area contributed by atoms with Crippen molar-refractivity contribution in [3.8, 4) is 0 Å². The third-order valence-electron chi connectivity index (χ3n) is 28.2. The van der Waals surface area contributed by atoms with Crippen molar-refractivity contribution in [1.29, 1.82) is 0 Å². The second-order valence-electron chi connectivity index (χ2n) is 35.5. The number of aliphatic hydroxyl groups is 20. The predicted octanol–water partition coefficient (Wildman–Crippen LogP) is -7.88. The molecule has 5 aliphatic carbocycles. The maximum atomic E-state index is 15.8. The first-order chi connectivity index (χ1) is 53.5. The summed E-state index contributed by atoms with van der Waals surface area (Å²) < 4.78 is 94.9. The van der Waals surface area contributed by atoms with Crippen molar-refractivity contribution < 1.29 is 197 Å². The van der Waals surface area contributed by atoms with Crippen LogP contribution in [0, 0.1) is 50.2 Å². The van der Waals surface area contributed by atoms with E-state index >= 15 is 4.79 Å². The highest BCUT2D eigenvalue weighted by Crippen LogP contribution is 2.76. The normalized spacial score (nSPS) is 55.1. The quantitative estimate of drug-likeness (QED) is 0.0247. The zero-order chi connectivity index (χ0) is 83.0. The lowest BCUT2D eigenvalue weighted by Gasteiger charge is -2.71. The zero-order valence-electron chi connectivity index (χ0n) is 64.4. The molecule has 21 N–H and O–H groups in total. The molecule has 46 atom stereocenters. The van der Waals surface area contributed by atoms with E-state index in [1.807, 2.05) is 0 Å². The summed E-state index contributed by atoms with van der Waals surface area (Å²) in [4.78, 5) is 43.1. The first-order valence-electron chi connectivity index (χ1n) is 39.3. The van der Waals surface area contributed by atoms with E-state index in [9.17, 15) is 117 Å². The second kappa shape index (κ2) is 33.6. The number of aliphatic hydroxyl groups excluding tert-OH is 20. The summed E-state index contributed by atoms with van der Waals surface area (Å²) in [6.07, 6.45) is -61.9. The highest BCUT2D eigenvalue weighted by atomic mass is 16.8. The second-order valence-corrected chi connectivity index (χ2v) is 35.5. The van der Waals surface area contributed by atoms with Gasteiger partial charge in [0.1, 0.15) is 158 Å². The summed E-state index contributed by atoms with van der Waals surface area (Å²) >= 11 is 0. The van der Waals surface area contributed by atoms with Gasteiger partial charge >= 0.3 is 11.9 Å². The van der Waals surface area contributed by atoms with Crippen LogP contribution in [0.3, 0.4) is 0 Å². The molecule has 13 rings (SSSR count). The van der Waals surface area contributed by atoms with E-state index in [1.165, 1.54) is 13.8 Å². The molecule has 0 unspecified atom stereocenters. The lowest BCUT2D eigenvalue weighted by Crippen LogP contribution is -2.69. The Bertz CT molecular complexity index is 3360. The largest absolute Gasteiger partial charge is 0.479 e. The van der Waals surface area contributed by atoms with Crippen LogP contribution in [0.4, 0.5) is 0 Å². The first kappa shape index (κ1) is 88.7. The van der Waals surface area contributed by atoms with E-state index in [0.29, 0.717) is 38.5 Å². The number of hydrogen-bond acceptors (Lipinski definition) is 39. The van der Waals surface area contributed by atoms with E-state index in [2.05, 4.69) is 40.7 Å². The number of carboxylic acid groups (broad SMARTS) is 1. The van der Waals surface area contributed by atoms with Gasteiger partial charge in [-0.25, -0.2) is 4.79 Å². The van der Waals surface area contributed by atoms with Crippen LogP contribution in [-0.4, -0.2) is 392 Å². The van der Waals surface area contributed by atoms with Crippen molar-refractivity contribution in [2.45, 2.75) is 347 Å². The summed E-state index contributed by atoms with van der Waals surface area (Å²) in [7, 11) is 0. The number of allylic oxidation sites excluding steroid dienone is 2. The molecular formula is C74H116O40. The molecule has 40 nitrogen and oxygen atoms in total. The average Bonchev–Trinajstić information content (AvgIpc) is 0.669. The predicted molar refractivity (Wildman–Crippen MR) is 369 cm³/mol. The molecule has 13 aliphatic rings. The molecule has 652 valence electrons. The van der Waals surface area contributed by atoms with Crippen LogP contribution < -0.4 is 0 Å². The van der Waals surface area contributed by atoms with Gasteiger partial charge in [0.15, 0.2) is 56.2 Å². The molecule has 0 aromatic rings. The maximum absolute atomic E-state index is 15.8. The molecule has 0 amide bonds. The minimum Gasteiger partial charge on any atom is -0.479 e. The highest BCUT2D eigenvalue weighted by Gasteiger charge is 2.73. The fourth-order valence-electron chi connectivity index (χ4n) is 21.2. The molecule has 0 bridgehead atoms. The fraction of sp³-hybridized carbons (Fsp3) is 0.932. The molecule has 40 heteroatoms. The molecule has 0 spiro atoms. The van der Waals surface area contributed by atoms with Gasteiger partial charge in [0.05, 0.1) is 62.9 Å². The smallest absolute Gasteiger partial charge is 0.335 e. The van der Waals surface area contributed by atoms with Gasteiger partial charge in [-0.3, -0.25) is 4.79 Å². The molecule has 114 heavy (non-hydrogen) atoms. The SMILES string of the molecule is C[C@@H]1O[C@@H](O[C@H]2[C@H](OC(=O)[C@]34CCC(C)(C)C[C@H]3C3=CC[C@@H]5[C@@]6(C)CC[C@H](O[C@@H]7O[C@H](C(=O)O)[C@@H](O)[C@H](O[C@@H]8OC[C@@H](O)[C@H](O)[C@H]8O)[C@H]7O[C@@H]7O[C@H](CO)[C@H](O)[C@H](O)[C@H]7O)[C@@](C)(C=O)[C@@H]6CC[C@@]5(C)[C@]3(C)C[C@H]4O)O[C@H](C)[C@H](O)[C@@H]2O)[C@H](O)[C@H](O)[C@H]1O[C@@H]1OC[C@@H](O)[C@H](O[C@@H]2OC[C@H](O[C@@H]3OC[C@H](O)[C@H](O)[C@H]3O)[C@H](O)[C@H]2O)[C@H]1O. The molecule has 8 heterocycles. The Balaban J connectivity index is 0.705. The summed E-state index contributed by atoms with van der Waals surface area (Å²) in [5.41, 5.74) is -4.92. The number of carboxylic acids is 1. The Hall–Kier alpha value is -3.05. The van der Waals surface area contributed by atoms with Gasteiger partial charge in [0.2, 0.25) is 6.29 Å². The average molecular weight is 1650 g/mol. The zero-order valence-corrected chi connectivity index (χ0v) is 64.4. The van der Waals surface area contributed by atoms with Gasteiger partial charge in [-0.05, 0) is 111 Å². The van der Waals surface area contributed by atoms with Crippen LogP contribution >= 0.6 is 0 Å². The Labute approximate surface area is 655 Å². The molecule has 8 saturated heterocycles. The number of fused-ring (bicyclic) bond motifs is 7. The fourth-order valence-corrected chi connectivity index (χ4v) is 21.2. The lowest BCUT2D eigenvalue weighted by atomic mass is 9.33. The standard InChI is InChI=1S/C74H116O40/c1-25-38(81)44(87)57(112-64-50(93)45(88)53(26(2)104-64)108-63-52(95)54(31(79)22-101-63)109-62-48(91)42(85)33(23-102-62)106-60-46(89)39(82)29(77)20-99-60)66(103-25)114-68(98)74-16-15-69(3,4)17-28(74)27-9-10-35-70(5)13-12-37(71(6,24-76)34(70)11-14-72(35,7)73(27,8)18-36(74)80)107-67-58(113-65-49(92)43(86)41(84)32(19-75)105-65)55(51(94)56(111-67)59(96)97)110-61-47(90)40(83)30(78)21-100-61/h9,24-26,28-58,60-67,75,77-95H,10-23H2,1-8H3,(H,96,97)/t25-,26+,28+,29+,30-,31-,32-,33+,34-,35-,36-,37+,38+,39+,40+,41+,42+,43+,44+,45+,46-,47-,48-,49-,50-,51+,52-,53+,54+,55+,56+,57-,58-,60+,61+,62+,63+,64+,65+,66+,67-,70+,71+,72-,73-,74-/m1/s1. The molecule has 0 radical (unpaired) electrons. The summed E-state index contributed by atoms with van der Waals surface area (Å²) in [6.45, 7) is 11.9. The van der Waals surface area contributed by atoms with E-state index < -0.39 is 323 Å². The summed E-state index contributed by atoms with van der Waals surface area (Å²) in [5, 5.41) is 232. The van der Waals surface area contributed by atoms with Crippen molar-refractivity contribution in [1.82, 2.24) is 0 Å². The number of carbonyl (C=O) groups excluding carboxylic acids is 2. The van der Waals surface area contributed by atoms with Gasteiger partial charge in [-0.2, -0.15) is 0 Å². The van der Waals surface area contributed by atoms with Crippen molar-refractivity contribution in [2.24, 2.45) is 50.2 Å². The van der Waals surface area contributed by atoms with Crippen LogP contribution in [0.15, 0.2) is 11.6 Å². The van der Waals surface area contributed by atoms with Gasteiger partial charge in [0, 0.05) is 0 Å². The number of aldehydes is 1. The number of hydrogen-bond donors (Lipinski definition) is 21. The minimum absolute atomic E-state index is 0.0256. The van der Waals surface area contributed by atoms with Crippen LogP contribution in [0.25, 0.3) is 0 Å². The molecule has 8 aliphatic heterocycles. The van der Waals surface area contributed by atoms with Crippen LogP contribution in [-0.2, 0) is 90.2 Å². The van der Waals surface area contributed by atoms with Crippen LogP contribution in [0.1, 0.15) is 113 Å². The van der Waals surface area contributed by atoms with Crippen molar-refractivity contribution in [2.75, 3.05) is 33.0 Å². The molecule has 4 saturated carbocycles. The number of carbonyl (C=O) groups is 3. The van der Waals surface area contributed by atoms with Crippen LogP contribution in [0.5, 0.6) is 0 Å². The third kappa shape index (κ3) is 15.4. The Morgan fingerprint density at radius 2 is 1.00 bits per heavy atom. The molecule has 12 fully saturated rings. The lowest BCUT2D eigenvalue weighted by molar-refractivity contribution is -0.391. The summed E-state index contributed by atoms with van der Waals surface area (Å²) in [6, 6.07) is 0.